The smallest absolute Gasteiger partial charge is 0.0480 e. The third-order valence-electron chi connectivity index (χ3n) is 3.75. The second-order valence-electron chi connectivity index (χ2n) is 5.34. The molecule has 1 fully saturated rings. The Hall–Kier alpha value is -0.120. The van der Waals surface area contributed by atoms with Crippen LogP contribution in [0.2, 0.25) is 0 Å². The molecule has 0 aromatic heterocycles. The highest BCUT2D eigenvalue weighted by Crippen LogP contribution is 2.17. The Morgan fingerprint density at radius 1 is 1.31 bits per heavy atom. The molecule has 0 saturated carbocycles. The van der Waals surface area contributed by atoms with Crippen molar-refractivity contribution in [2.45, 2.75) is 32.7 Å². The van der Waals surface area contributed by atoms with Crippen LogP contribution in [0.15, 0.2) is 0 Å². The van der Waals surface area contributed by atoms with Crippen molar-refractivity contribution in [2.24, 2.45) is 11.8 Å². The van der Waals surface area contributed by atoms with E-state index in [9.17, 15) is 0 Å². The van der Waals surface area contributed by atoms with E-state index >= 15 is 0 Å². The molecular formula is C13H28N2O. The minimum absolute atomic E-state index is 0.729. The highest BCUT2D eigenvalue weighted by Gasteiger charge is 2.22. The van der Waals surface area contributed by atoms with Crippen LogP contribution in [0.1, 0.15) is 26.7 Å². The topological polar surface area (TPSA) is 24.5 Å². The molecule has 1 saturated heterocycles. The van der Waals surface area contributed by atoms with Gasteiger partial charge in [-0.25, -0.2) is 0 Å². The van der Waals surface area contributed by atoms with Gasteiger partial charge < -0.3 is 15.0 Å². The van der Waals surface area contributed by atoms with Crippen molar-refractivity contribution >= 4 is 0 Å². The number of nitrogens with one attached hydrogen (secondary N) is 1. The van der Waals surface area contributed by atoms with E-state index in [4.69, 9.17) is 4.74 Å². The molecule has 0 radical (unpaired) electrons. The SMILES string of the molecule is CNCC(CN(C)C1CCOCC1)C(C)C. The lowest BCUT2D eigenvalue weighted by molar-refractivity contribution is 0.0358. The Morgan fingerprint density at radius 3 is 2.44 bits per heavy atom. The van der Waals surface area contributed by atoms with Gasteiger partial charge in [-0.3, -0.25) is 0 Å². The molecule has 3 nitrogen and oxygen atoms in total. The molecule has 0 spiro atoms. The molecule has 1 aliphatic heterocycles. The minimum Gasteiger partial charge on any atom is -0.381 e. The van der Waals surface area contributed by atoms with Gasteiger partial charge in [0.1, 0.15) is 0 Å². The van der Waals surface area contributed by atoms with E-state index in [1.807, 2.05) is 7.05 Å². The van der Waals surface area contributed by atoms with Gasteiger partial charge in [-0.15, -0.1) is 0 Å². The normalized spacial score (nSPS) is 20.6. The van der Waals surface area contributed by atoms with E-state index in [1.54, 1.807) is 0 Å². The molecule has 1 rings (SSSR count). The summed E-state index contributed by atoms with van der Waals surface area (Å²) in [6.07, 6.45) is 2.39. The highest BCUT2D eigenvalue weighted by molar-refractivity contribution is 4.76. The summed E-state index contributed by atoms with van der Waals surface area (Å²) in [4.78, 5) is 2.53. The fourth-order valence-electron chi connectivity index (χ4n) is 2.42. The summed E-state index contributed by atoms with van der Waals surface area (Å²) in [5.74, 6) is 1.49. The van der Waals surface area contributed by atoms with Gasteiger partial charge in [0.25, 0.3) is 0 Å². The molecular weight excluding hydrogens is 200 g/mol. The standard InChI is InChI=1S/C13H28N2O/c1-11(2)12(9-14-3)10-15(4)13-5-7-16-8-6-13/h11-14H,5-10H2,1-4H3. The molecule has 0 aromatic rings. The van der Waals surface area contributed by atoms with Gasteiger partial charge in [-0.05, 0) is 45.3 Å². The maximum Gasteiger partial charge on any atom is 0.0480 e. The van der Waals surface area contributed by atoms with Crippen LogP contribution >= 0.6 is 0 Å². The zero-order chi connectivity index (χ0) is 12.0. The average molecular weight is 228 g/mol. The van der Waals surface area contributed by atoms with Gasteiger partial charge in [0.2, 0.25) is 0 Å². The number of nitrogens with zero attached hydrogens (tertiary/aromatic N) is 1. The maximum absolute atomic E-state index is 5.41. The van der Waals surface area contributed by atoms with E-state index in [0.717, 1.165) is 37.6 Å². The lowest BCUT2D eigenvalue weighted by Crippen LogP contribution is -2.42. The zero-order valence-corrected chi connectivity index (χ0v) is 11.3. The Balaban J connectivity index is 2.36. The van der Waals surface area contributed by atoms with E-state index < -0.39 is 0 Å². The van der Waals surface area contributed by atoms with Crippen molar-refractivity contribution in [1.29, 1.82) is 0 Å². The summed E-state index contributed by atoms with van der Waals surface area (Å²) in [6, 6.07) is 0.729. The van der Waals surface area contributed by atoms with Crippen LogP contribution in [0, 0.1) is 11.8 Å². The van der Waals surface area contributed by atoms with Crippen molar-refractivity contribution in [3.63, 3.8) is 0 Å². The van der Waals surface area contributed by atoms with Crippen molar-refractivity contribution in [2.75, 3.05) is 40.4 Å². The molecule has 1 heterocycles. The van der Waals surface area contributed by atoms with Crippen molar-refractivity contribution < 1.29 is 4.74 Å². The first-order chi connectivity index (χ1) is 7.65. The van der Waals surface area contributed by atoms with Gasteiger partial charge >= 0.3 is 0 Å². The molecule has 1 N–H and O–H groups in total. The fourth-order valence-corrected chi connectivity index (χ4v) is 2.42. The summed E-state index contributed by atoms with van der Waals surface area (Å²) in [7, 11) is 4.31. The van der Waals surface area contributed by atoms with Crippen LogP contribution in [0.4, 0.5) is 0 Å². The average Bonchev–Trinajstić information content (AvgIpc) is 2.29. The Kier molecular flexibility index (Phi) is 6.32. The zero-order valence-electron chi connectivity index (χ0n) is 11.3. The fraction of sp³-hybridized carbons (Fsp3) is 1.00. The van der Waals surface area contributed by atoms with Gasteiger partial charge in [-0.1, -0.05) is 13.8 Å². The molecule has 0 aliphatic carbocycles. The third-order valence-corrected chi connectivity index (χ3v) is 3.75. The van der Waals surface area contributed by atoms with Crippen molar-refractivity contribution in [1.82, 2.24) is 10.2 Å². The molecule has 1 atom stereocenters. The molecule has 0 aromatic carbocycles. The number of hydrogen-bond donors (Lipinski definition) is 1. The van der Waals surface area contributed by atoms with Crippen LogP contribution in [-0.2, 0) is 4.74 Å². The van der Waals surface area contributed by atoms with E-state index in [-0.39, 0.29) is 0 Å². The minimum atomic E-state index is 0.729. The van der Waals surface area contributed by atoms with E-state index in [0.29, 0.717) is 0 Å². The second kappa shape index (κ2) is 7.25. The van der Waals surface area contributed by atoms with Crippen molar-refractivity contribution in [3.8, 4) is 0 Å². The molecule has 3 heteroatoms. The highest BCUT2D eigenvalue weighted by atomic mass is 16.5. The van der Waals surface area contributed by atoms with Gasteiger partial charge in [-0.2, -0.15) is 0 Å². The van der Waals surface area contributed by atoms with Crippen LogP contribution < -0.4 is 5.32 Å². The largest absolute Gasteiger partial charge is 0.381 e. The van der Waals surface area contributed by atoms with Gasteiger partial charge in [0.15, 0.2) is 0 Å². The molecule has 0 bridgehead atoms. The predicted octanol–water partition coefficient (Wildman–Crippen LogP) is 1.59. The third kappa shape index (κ3) is 4.40. The lowest BCUT2D eigenvalue weighted by Gasteiger charge is -2.34. The first-order valence-corrected chi connectivity index (χ1v) is 6.57. The molecule has 1 unspecified atom stereocenters. The van der Waals surface area contributed by atoms with E-state index in [1.165, 1.54) is 19.4 Å². The number of rotatable bonds is 6. The number of hydrogen-bond acceptors (Lipinski definition) is 3. The molecule has 16 heavy (non-hydrogen) atoms. The molecule has 0 amide bonds. The quantitative estimate of drug-likeness (QED) is 0.747. The first kappa shape index (κ1) is 13.9. The van der Waals surface area contributed by atoms with Crippen LogP contribution in [0.3, 0.4) is 0 Å². The summed E-state index contributed by atoms with van der Waals surface area (Å²) in [5.41, 5.74) is 0. The van der Waals surface area contributed by atoms with Crippen LogP contribution in [0.25, 0.3) is 0 Å². The molecule has 1 aliphatic rings. The van der Waals surface area contributed by atoms with Gasteiger partial charge in [0, 0.05) is 25.8 Å². The summed E-state index contributed by atoms with van der Waals surface area (Å²) in [5, 5.41) is 3.31. The van der Waals surface area contributed by atoms with Crippen LogP contribution in [-0.4, -0.2) is 51.3 Å². The Bertz CT molecular complexity index is 179. The second-order valence-corrected chi connectivity index (χ2v) is 5.34. The summed E-state index contributed by atoms with van der Waals surface area (Å²) in [6.45, 7) is 8.83. The lowest BCUT2D eigenvalue weighted by atomic mass is 9.94. The van der Waals surface area contributed by atoms with Gasteiger partial charge in [0.05, 0.1) is 0 Å². The van der Waals surface area contributed by atoms with Crippen molar-refractivity contribution in [3.05, 3.63) is 0 Å². The number of ether oxygens (including phenoxy) is 1. The monoisotopic (exact) mass is 228 g/mol. The Labute approximate surface area is 101 Å². The first-order valence-electron chi connectivity index (χ1n) is 6.57. The molecule has 96 valence electrons. The predicted molar refractivity (Wildman–Crippen MR) is 68.7 cm³/mol. The van der Waals surface area contributed by atoms with E-state index in [2.05, 4.69) is 31.1 Å². The Morgan fingerprint density at radius 2 is 1.94 bits per heavy atom. The summed E-state index contributed by atoms with van der Waals surface area (Å²) < 4.78 is 5.41. The van der Waals surface area contributed by atoms with Crippen LogP contribution in [0.5, 0.6) is 0 Å². The maximum atomic E-state index is 5.41. The summed E-state index contributed by atoms with van der Waals surface area (Å²) >= 11 is 0.